The first-order chi connectivity index (χ1) is 18.1. The van der Waals surface area contributed by atoms with Crippen molar-refractivity contribution in [2.45, 2.75) is 12.8 Å². The molecule has 1 aromatic carbocycles. The summed E-state index contributed by atoms with van der Waals surface area (Å²) in [6, 6.07) is 13.5. The number of anilines is 1. The van der Waals surface area contributed by atoms with Gasteiger partial charge >= 0.3 is 0 Å². The topological polar surface area (TPSA) is 115 Å². The van der Waals surface area contributed by atoms with Crippen LogP contribution in [0.3, 0.4) is 0 Å². The molecule has 5 aromatic rings. The van der Waals surface area contributed by atoms with E-state index in [9.17, 15) is 0 Å². The molecule has 0 fully saturated rings. The van der Waals surface area contributed by atoms with Crippen molar-refractivity contribution in [1.29, 1.82) is 0 Å². The molecule has 9 nitrogen and oxygen atoms in total. The van der Waals surface area contributed by atoms with Crippen molar-refractivity contribution in [2.75, 3.05) is 18.1 Å². The molecule has 0 unspecified atom stereocenters. The lowest BCUT2D eigenvalue weighted by Gasteiger charge is -2.30. The number of hydrogen-bond acceptors (Lipinski definition) is 8. The first-order valence-electron chi connectivity index (χ1n) is 11.5. The summed E-state index contributed by atoms with van der Waals surface area (Å²) >= 11 is 12.5. The van der Waals surface area contributed by atoms with Gasteiger partial charge in [-0.15, -0.1) is 0 Å². The Morgan fingerprint density at radius 2 is 1.95 bits per heavy atom. The van der Waals surface area contributed by atoms with E-state index in [1.54, 1.807) is 18.5 Å². The fraction of sp³-hybridized carbons (Fsp3) is 0.154. The van der Waals surface area contributed by atoms with Crippen LogP contribution in [-0.2, 0) is 6.54 Å². The van der Waals surface area contributed by atoms with Gasteiger partial charge in [-0.05, 0) is 36.4 Å². The molecule has 37 heavy (non-hydrogen) atoms. The molecule has 0 saturated heterocycles. The molecule has 0 bridgehead atoms. The average Bonchev–Trinajstić information content (AvgIpc) is 3.32. The molecule has 0 aliphatic carbocycles. The number of nitrogens with one attached hydrogen (secondary N) is 1. The van der Waals surface area contributed by atoms with Crippen LogP contribution in [-0.4, -0.2) is 38.3 Å². The quantitative estimate of drug-likeness (QED) is 0.287. The zero-order valence-electron chi connectivity index (χ0n) is 19.4. The second-order valence-electron chi connectivity index (χ2n) is 8.47. The summed E-state index contributed by atoms with van der Waals surface area (Å²) in [5.74, 6) is 1.13. The van der Waals surface area contributed by atoms with E-state index >= 15 is 0 Å². The highest BCUT2D eigenvalue weighted by molar-refractivity contribution is 6.35. The van der Waals surface area contributed by atoms with Gasteiger partial charge < -0.3 is 14.4 Å². The summed E-state index contributed by atoms with van der Waals surface area (Å²) in [5, 5.41) is 9.16. The standard InChI is InChI=1S/C26H21Cl2N7O2/c27-19-12-30-13-20(28)23(19)25(29)37-17-4-5-21-18(10-17)24(34-33-21)15-9-22-26(32-11-15)36-8-7-35(22)14-16-3-1-2-6-31-16/h1-6,9-13,25H,7-8,14,29H2,(H,33,34)/t25-/m0/s1. The molecule has 0 saturated carbocycles. The molecular formula is C26H21Cl2N7O2. The molecule has 6 rings (SSSR count). The summed E-state index contributed by atoms with van der Waals surface area (Å²) in [5.41, 5.74) is 11.0. The summed E-state index contributed by atoms with van der Waals surface area (Å²) in [7, 11) is 0. The number of H-pyrrole nitrogens is 1. The number of fused-ring (bicyclic) bond motifs is 2. The largest absolute Gasteiger partial charge is 0.474 e. The van der Waals surface area contributed by atoms with Gasteiger partial charge in [-0.25, -0.2) is 4.98 Å². The second kappa shape index (κ2) is 9.85. The van der Waals surface area contributed by atoms with Gasteiger partial charge in [-0.1, -0.05) is 29.3 Å². The van der Waals surface area contributed by atoms with E-state index in [2.05, 4.69) is 30.0 Å². The first-order valence-corrected chi connectivity index (χ1v) is 12.3. The molecule has 11 heteroatoms. The maximum atomic E-state index is 6.28. The van der Waals surface area contributed by atoms with Crippen LogP contribution in [0.1, 0.15) is 17.5 Å². The normalized spacial score (nSPS) is 13.8. The lowest BCUT2D eigenvalue weighted by atomic mass is 10.1. The Morgan fingerprint density at radius 3 is 2.76 bits per heavy atom. The number of nitrogens with two attached hydrogens (primary N) is 1. The Kier molecular flexibility index (Phi) is 6.25. The van der Waals surface area contributed by atoms with Gasteiger partial charge in [-0.2, -0.15) is 5.10 Å². The van der Waals surface area contributed by atoms with E-state index in [-0.39, 0.29) is 0 Å². The molecule has 0 spiro atoms. The van der Waals surface area contributed by atoms with E-state index in [4.69, 9.17) is 38.4 Å². The van der Waals surface area contributed by atoms with Crippen molar-refractivity contribution in [3.63, 3.8) is 0 Å². The van der Waals surface area contributed by atoms with Gasteiger partial charge in [0.05, 0.1) is 34.3 Å². The SMILES string of the molecule is N[C@@H](Oc1ccc2[nH]nc(-c3cnc4c(c3)N(Cc3ccccn3)CCO4)c2c1)c1c(Cl)cncc1Cl. The number of nitrogens with zero attached hydrogens (tertiary/aromatic N) is 5. The van der Waals surface area contributed by atoms with Crippen LogP contribution in [0.25, 0.3) is 22.2 Å². The Balaban J connectivity index is 1.32. The van der Waals surface area contributed by atoms with E-state index in [0.29, 0.717) is 40.4 Å². The van der Waals surface area contributed by atoms with Crippen molar-refractivity contribution in [3.05, 3.63) is 88.6 Å². The molecule has 1 atom stereocenters. The lowest BCUT2D eigenvalue weighted by molar-refractivity contribution is 0.214. The highest BCUT2D eigenvalue weighted by Gasteiger charge is 2.22. The maximum Gasteiger partial charge on any atom is 0.237 e. The summed E-state index contributed by atoms with van der Waals surface area (Å²) in [6.07, 6.45) is 5.64. The summed E-state index contributed by atoms with van der Waals surface area (Å²) < 4.78 is 11.8. The summed E-state index contributed by atoms with van der Waals surface area (Å²) in [4.78, 5) is 15.2. The van der Waals surface area contributed by atoms with E-state index in [0.717, 1.165) is 40.1 Å². The monoisotopic (exact) mass is 533 g/mol. The Morgan fingerprint density at radius 1 is 1.08 bits per heavy atom. The number of benzene rings is 1. The third-order valence-corrected chi connectivity index (χ3v) is 6.70. The number of aromatic amines is 1. The fourth-order valence-electron chi connectivity index (χ4n) is 4.32. The predicted octanol–water partition coefficient (Wildman–Crippen LogP) is 5.16. The van der Waals surface area contributed by atoms with Crippen LogP contribution in [0.2, 0.25) is 10.0 Å². The minimum Gasteiger partial charge on any atom is -0.474 e. The van der Waals surface area contributed by atoms with Gasteiger partial charge in [0.2, 0.25) is 5.88 Å². The molecule has 4 aromatic heterocycles. The Labute approximate surface area is 222 Å². The van der Waals surface area contributed by atoms with E-state index in [1.807, 2.05) is 36.4 Å². The first kappa shape index (κ1) is 23.5. The summed E-state index contributed by atoms with van der Waals surface area (Å²) in [6.45, 7) is 1.94. The number of rotatable bonds is 6. The number of ether oxygens (including phenoxy) is 2. The Bertz CT molecular complexity index is 1560. The number of pyridine rings is 3. The van der Waals surface area contributed by atoms with Crippen molar-refractivity contribution >= 4 is 39.8 Å². The highest BCUT2D eigenvalue weighted by atomic mass is 35.5. The molecule has 5 heterocycles. The number of aromatic nitrogens is 5. The van der Waals surface area contributed by atoms with Gasteiger partial charge in [0, 0.05) is 41.3 Å². The van der Waals surface area contributed by atoms with Crippen LogP contribution >= 0.6 is 23.2 Å². The van der Waals surface area contributed by atoms with E-state index in [1.165, 1.54) is 12.4 Å². The zero-order chi connectivity index (χ0) is 25.4. The molecule has 1 aliphatic heterocycles. The van der Waals surface area contributed by atoms with Gasteiger partial charge in [0.1, 0.15) is 23.7 Å². The van der Waals surface area contributed by atoms with Gasteiger partial charge in [-0.3, -0.25) is 20.8 Å². The molecule has 186 valence electrons. The van der Waals surface area contributed by atoms with Crippen molar-refractivity contribution < 1.29 is 9.47 Å². The third-order valence-electron chi connectivity index (χ3n) is 6.10. The highest BCUT2D eigenvalue weighted by Crippen LogP contribution is 2.37. The van der Waals surface area contributed by atoms with Crippen molar-refractivity contribution in [1.82, 2.24) is 25.1 Å². The second-order valence-corrected chi connectivity index (χ2v) is 9.29. The molecule has 0 amide bonds. The van der Waals surface area contributed by atoms with Crippen LogP contribution in [0.5, 0.6) is 11.6 Å². The third kappa shape index (κ3) is 4.64. The maximum absolute atomic E-state index is 6.28. The molecular weight excluding hydrogens is 513 g/mol. The van der Waals surface area contributed by atoms with Gasteiger partial charge in [0.15, 0.2) is 6.23 Å². The van der Waals surface area contributed by atoms with E-state index < -0.39 is 6.23 Å². The average molecular weight is 534 g/mol. The van der Waals surface area contributed by atoms with Crippen molar-refractivity contribution in [2.24, 2.45) is 5.73 Å². The van der Waals surface area contributed by atoms with Gasteiger partial charge in [0.25, 0.3) is 0 Å². The Hall–Kier alpha value is -3.92. The van der Waals surface area contributed by atoms with Crippen LogP contribution in [0, 0.1) is 0 Å². The van der Waals surface area contributed by atoms with Crippen LogP contribution in [0.15, 0.2) is 67.3 Å². The van der Waals surface area contributed by atoms with Crippen LogP contribution < -0.4 is 20.1 Å². The fourth-order valence-corrected chi connectivity index (χ4v) is 4.90. The molecule has 1 aliphatic rings. The molecule has 0 radical (unpaired) electrons. The van der Waals surface area contributed by atoms with Crippen LogP contribution in [0.4, 0.5) is 5.69 Å². The van der Waals surface area contributed by atoms with Crippen molar-refractivity contribution in [3.8, 4) is 22.9 Å². The number of hydrogen-bond donors (Lipinski definition) is 2. The smallest absolute Gasteiger partial charge is 0.237 e. The minimum absolute atomic E-state index is 0.336. The molecule has 3 N–H and O–H groups in total. The predicted molar refractivity (Wildman–Crippen MR) is 142 cm³/mol. The lowest BCUT2D eigenvalue weighted by Crippen LogP contribution is -2.32. The number of halogens is 2. The minimum atomic E-state index is -0.876. The zero-order valence-corrected chi connectivity index (χ0v) is 20.9.